The van der Waals surface area contributed by atoms with Gasteiger partial charge in [-0.05, 0) is 36.8 Å². The first-order valence-electron chi connectivity index (χ1n) is 9.27. The van der Waals surface area contributed by atoms with E-state index < -0.39 is 0 Å². The van der Waals surface area contributed by atoms with Crippen LogP contribution >= 0.6 is 0 Å². The number of carbonyl (C=O) groups excluding carboxylic acids is 2. The molecule has 1 saturated carbocycles. The smallest absolute Gasteiger partial charge is 0.270 e. The van der Waals surface area contributed by atoms with E-state index in [0.717, 1.165) is 18.8 Å². The maximum Gasteiger partial charge on any atom is 0.270 e. The maximum atomic E-state index is 12.7. The van der Waals surface area contributed by atoms with Crippen LogP contribution in [0.5, 0.6) is 0 Å². The van der Waals surface area contributed by atoms with Crippen molar-refractivity contribution in [1.29, 1.82) is 0 Å². The van der Waals surface area contributed by atoms with Crippen molar-refractivity contribution in [3.05, 3.63) is 24.0 Å². The van der Waals surface area contributed by atoms with E-state index in [0.29, 0.717) is 24.8 Å². The Bertz CT molecular complexity index is 587. The van der Waals surface area contributed by atoms with Gasteiger partial charge in [-0.2, -0.15) is 0 Å². The van der Waals surface area contributed by atoms with Crippen molar-refractivity contribution in [3.8, 4) is 0 Å². The summed E-state index contributed by atoms with van der Waals surface area (Å²) >= 11 is 0. The first kappa shape index (κ1) is 17.1. The van der Waals surface area contributed by atoms with Crippen molar-refractivity contribution in [2.45, 2.75) is 58.5 Å². The van der Waals surface area contributed by atoms with Gasteiger partial charge in [-0.25, -0.2) is 0 Å². The van der Waals surface area contributed by atoms with Gasteiger partial charge in [0.05, 0.1) is 6.04 Å². The highest BCUT2D eigenvalue weighted by atomic mass is 16.2. The highest BCUT2D eigenvalue weighted by Crippen LogP contribution is 2.27. The summed E-state index contributed by atoms with van der Waals surface area (Å²) in [6.07, 6.45) is 7.47. The largest absolute Gasteiger partial charge is 0.354 e. The Morgan fingerprint density at radius 3 is 2.79 bits per heavy atom. The molecular formula is C19H29N3O2. The minimum absolute atomic E-state index is 0.0346. The third kappa shape index (κ3) is 3.82. The maximum absolute atomic E-state index is 12.7. The molecule has 1 aliphatic carbocycles. The molecule has 2 amide bonds. The van der Waals surface area contributed by atoms with E-state index in [2.05, 4.69) is 19.2 Å². The monoisotopic (exact) mass is 331 g/mol. The fraction of sp³-hybridized carbons (Fsp3) is 0.684. The van der Waals surface area contributed by atoms with E-state index in [4.69, 9.17) is 0 Å². The molecule has 132 valence electrons. The molecule has 0 bridgehead atoms. The van der Waals surface area contributed by atoms with Gasteiger partial charge in [0, 0.05) is 32.3 Å². The first-order chi connectivity index (χ1) is 11.5. The van der Waals surface area contributed by atoms with Crippen LogP contribution in [0.3, 0.4) is 0 Å². The van der Waals surface area contributed by atoms with Crippen molar-refractivity contribution >= 4 is 11.8 Å². The van der Waals surface area contributed by atoms with Gasteiger partial charge < -0.3 is 14.8 Å². The highest BCUT2D eigenvalue weighted by Gasteiger charge is 2.32. The minimum Gasteiger partial charge on any atom is -0.354 e. The Balaban J connectivity index is 1.61. The topological polar surface area (TPSA) is 54.3 Å². The first-order valence-corrected chi connectivity index (χ1v) is 9.27. The van der Waals surface area contributed by atoms with Gasteiger partial charge >= 0.3 is 0 Å². The molecule has 0 spiro atoms. The Hall–Kier alpha value is -1.78. The van der Waals surface area contributed by atoms with Gasteiger partial charge in [0.25, 0.3) is 5.91 Å². The third-order valence-electron chi connectivity index (χ3n) is 5.20. The van der Waals surface area contributed by atoms with Crippen LogP contribution in [-0.4, -0.2) is 40.4 Å². The summed E-state index contributed by atoms with van der Waals surface area (Å²) < 4.78 is 2.01. The van der Waals surface area contributed by atoms with E-state index in [9.17, 15) is 9.59 Å². The minimum atomic E-state index is 0.0346. The van der Waals surface area contributed by atoms with Gasteiger partial charge in [-0.15, -0.1) is 0 Å². The molecule has 0 aromatic carbocycles. The molecule has 1 N–H and O–H groups in total. The summed E-state index contributed by atoms with van der Waals surface area (Å²) in [5.41, 5.74) is 0.754. The molecule has 0 saturated heterocycles. The number of fused-ring (bicyclic) bond motifs is 1. The molecule has 1 fully saturated rings. The average molecular weight is 331 g/mol. The predicted octanol–water partition coefficient (Wildman–Crippen LogP) is 2.67. The van der Waals surface area contributed by atoms with E-state index in [1.165, 1.54) is 25.7 Å². The Labute approximate surface area is 144 Å². The number of amides is 2. The quantitative estimate of drug-likeness (QED) is 0.871. The zero-order valence-corrected chi connectivity index (χ0v) is 14.8. The van der Waals surface area contributed by atoms with E-state index in [-0.39, 0.29) is 17.9 Å². The standard InChI is InChI=1S/C19H29N3O2/c1-14(2)12-22-16(13-21-9-5-8-17(21)19(22)24)11-20-18(23)10-15-6-3-4-7-15/h5,8-9,14-16H,3-4,6-7,10-13H2,1-2H3,(H,20,23). The van der Waals surface area contributed by atoms with Gasteiger partial charge in [-0.1, -0.05) is 26.7 Å². The van der Waals surface area contributed by atoms with E-state index in [1.54, 1.807) is 0 Å². The van der Waals surface area contributed by atoms with Crippen LogP contribution in [0, 0.1) is 11.8 Å². The second kappa shape index (κ2) is 7.41. The zero-order chi connectivity index (χ0) is 17.1. The number of hydrogen-bond donors (Lipinski definition) is 1. The lowest BCUT2D eigenvalue weighted by Crippen LogP contribution is -2.53. The number of nitrogens with one attached hydrogen (secondary N) is 1. The fourth-order valence-electron chi connectivity index (χ4n) is 3.99. The number of rotatable bonds is 6. The lowest BCUT2D eigenvalue weighted by Gasteiger charge is -2.37. The fourth-order valence-corrected chi connectivity index (χ4v) is 3.99. The number of carbonyl (C=O) groups is 2. The van der Waals surface area contributed by atoms with Gasteiger partial charge in [0.15, 0.2) is 0 Å². The average Bonchev–Trinajstić information content (AvgIpc) is 3.19. The SMILES string of the molecule is CC(C)CN1C(=O)c2cccn2CC1CNC(=O)CC1CCCC1. The molecule has 2 aliphatic rings. The molecule has 1 unspecified atom stereocenters. The predicted molar refractivity (Wildman–Crippen MR) is 93.7 cm³/mol. The van der Waals surface area contributed by atoms with Gasteiger partial charge in [0.1, 0.15) is 5.69 Å². The van der Waals surface area contributed by atoms with Crippen LogP contribution in [0.1, 0.15) is 56.4 Å². The molecule has 5 nitrogen and oxygen atoms in total. The molecule has 1 aromatic rings. The second-order valence-corrected chi connectivity index (χ2v) is 7.71. The summed E-state index contributed by atoms with van der Waals surface area (Å²) in [5, 5.41) is 3.08. The molecule has 24 heavy (non-hydrogen) atoms. The van der Waals surface area contributed by atoms with Crippen molar-refractivity contribution in [2.75, 3.05) is 13.1 Å². The van der Waals surface area contributed by atoms with E-state index in [1.807, 2.05) is 27.8 Å². The highest BCUT2D eigenvalue weighted by molar-refractivity contribution is 5.93. The summed E-state index contributed by atoms with van der Waals surface area (Å²) in [6, 6.07) is 3.83. The summed E-state index contributed by atoms with van der Waals surface area (Å²) in [5.74, 6) is 1.18. The molecule has 0 radical (unpaired) electrons. The molecular weight excluding hydrogens is 302 g/mol. The normalized spacial score (nSPS) is 21.4. The second-order valence-electron chi connectivity index (χ2n) is 7.71. The Kier molecular flexibility index (Phi) is 5.27. The molecule has 2 heterocycles. The molecule has 1 aliphatic heterocycles. The number of hydrogen-bond acceptors (Lipinski definition) is 2. The van der Waals surface area contributed by atoms with Crippen molar-refractivity contribution < 1.29 is 9.59 Å². The van der Waals surface area contributed by atoms with Crippen LogP contribution in [0.2, 0.25) is 0 Å². The van der Waals surface area contributed by atoms with Crippen LogP contribution < -0.4 is 5.32 Å². The zero-order valence-electron chi connectivity index (χ0n) is 14.8. The molecule has 1 aromatic heterocycles. The van der Waals surface area contributed by atoms with Crippen LogP contribution in [0.4, 0.5) is 0 Å². The molecule has 1 atom stereocenters. The molecule has 3 rings (SSSR count). The number of aromatic nitrogens is 1. The lowest BCUT2D eigenvalue weighted by atomic mass is 10.0. The van der Waals surface area contributed by atoms with Crippen molar-refractivity contribution in [3.63, 3.8) is 0 Å². The van der Waals surface area contributed by atoms with Crippen LogP contribution in [0.25, 0.3) is 0 Å². The van der Waals surface area contributed by atoms with E-state index >= 15 is 0 Å². The number of nitrogens with zero attached hydrogens (tertiary/aromatic N) is 2. The summed E-state index contributed by atoms with van der Waals surface area (Å²) in [7, 11) is 0. The summed E-state index contributed by atoms with van der Waals surface area (Å²) in [4.78, 5) is 26.9. The molecule has 5 heteroatoms. The van der Waals surface area contributed by atoms with Crippen molar-refractivity contribution in [1.82, 2.24) is 14.8 Å². The van der Waals surface area contributed by atoms with Crippen LogP contribution in [0.15, 0.2) is 18.3 Å². The lowest BCUT2D eigenvalue weighted by molar-refractivity contribution is -0.122. The third-order valence-corrected chi connectivity index (χ3v) is 5.20. The van der Waals surface area contributed by atoms with Crippen LogP contribution in [-0.2, 0) is 11.3 Å². The van der Waals surface area contributed by atoms with Gasteiger partial charge in [0.2, 0.25) is 5.91 Å². The Morgan fingerprint density at radius 1 is 1.33 bits per heavy atom. The summed E-state index contributed by atoms with van der Waals surface area (Å²) in [6.45, 7) is 6.27. The van der Waals surface area contributed by atoms with Gasteiger partial charge in [-0.3, -0.25) is 9.59 Å². The van der Waals surface area contributed by atoms with Crippen molar-refractivity contribution in [2.24, 2.45) is 11.8 Å². The Morgan fingerprint density at radius 2 is 2.08 bits per heavy atom.